The molecule has 13 amide bonds. The normalized spacial score (nSPS) is 17.4. The quantitative estimate of drug-likeness (QED) is 0.0169. The Hall–Kier alpha value is -9.07. The SMILES string of the molecule is CCCO[C@H](C[C@H](C(C)C)N(CCC)C(=O)[C@@H](NC(=O)[C@H]1CCCCN1C)[C@@H](C)CC)c1nc(C(=O)NC2Cc3ccccc3[C@H](C(=O)NNC(=O)OCCOCCNC(=O)OCc3ccc(NC(=O)[C@H](CCCNC(N)=O)NC(=O)[C@@H](NC(=O)CCCCCN4C(=O)C=CC4=O)C(C)C)cc3)C2)cs1. The molecule has 0 spiro atoms. The Morgan fingerprint density at radius 3 is 2.17 bits per heavy atom. The highest BCUT2D eigenvalue weighted by Gasteiger charge is 2.40. The van der Waals surface area contributed by atoms with Gasteiger partial charge in [-0.2, -0.15) is 0 Å². The lowest BCUT2D eigenvalue weighted by molar-refractivity contribution is -0.143. The molecule has 1 saturated heterocycles. The van der Waals surface area contributed by atoms with Crippen molar-refractivity contribution in [1.82, 2.24) is 62.4 Å². The zero-order chi connectivity index (χ0) is 76.5. The van der Waals surface area contributed by atoms with Gasteiger partial charge in [-0.3, -0.25) is 58.4 Å². The number of piperidine rings is 1. The summed E-state index contributed by atoms with van der Waals surface area (Å²) in [5.41, 5.74) is 12.7. The van der Waals surface area contributed by atoms with Crippen molar-refractivity contribution in [2.24, 2.45) is 23.5 Å². The number of hydrogen-bond acceptors (Lipinski definition) is 19. The van der Waals surface area contributed by atoms with Crippen molar-refractivity contribution in [3.63, 3.8) is 0 Å². The minimum absolute atomic E-state index is 0.00862. The molecule has 6 rings (SSSR count). The Balaban J connectivity index is 0.905. The lowest BCUT2D eigenvalue weighted by atomic mass is 9.79. The van der Waals surface area contributed by atoms with Crippen molar-refractivity contribution in [1.29, 1.82) is 0 Å². The number of amides is 13. The summed E-state index contributed by atoms with van der Waals surface area (Å²) >= 11 is 1.31. The van der Waals surface area contributed by atoms with Crippen LogP contribution in [0.15, 0.2) is 66.1 Å². The number of carbonyl (C=O) groups is 12. The highest BCUT2D eigenvalue weighted by molar-refractivity contribution is 7.09. The monoisotopic (exact) mass is 1480 g/mol. The molecule has 2 aliphatic heterocycles. The van der Waals surface area contributed by atoms with Crippen molar-refractivity contribution in [3.05, 3.63) is 93.5 Å². The summed E-state index contributed by atoms with van der Waals surface area (Å²) in [4.78, 5) is 167. The van der Waals surface area contributed by atoms with E-state index in [1.807, 2.05) is 63.9 Å². The van der Waals surface area contributed by atoms with E-state index in [-0.39, 0.29) is 137 Å². The van der Waals surface area contributed by atoms with Gasteiger partial charge in [-0.15, -0.1) is 11.3 Å². The number of fused-ring (bicyclic) bond motifs is 1. The third-order valence-electron chi connectivity index (χ3n) is 18.8. The van der Waals surface area contributed by atoms with Crippen molar-refractivity contribution in [3.8, 4) is 0 Å². The summed E-state index contributed by atoms with van der Waals surface area (Å²) < 4.78 is 22.5. The molecule has 30 nitrogen and oxygen atoms in total. The maximum atomic E-state index is 14.8. The van der Waals surface area contributed by atoms with Crippen LogP contribution in [0, 0.1) is 17.8 Å². The number of rotatable bonds is 42. The molecule has 1 unspecified atom stereocenters. The van der Waals surface area contributed by atoms with Crippen molar-refractivity contribution in [2.45, 2.75) is 207 Å². The second kappa shape index (κ2) is 44.0. The van der Waals surface area contributed by atoms with Crippen LogP contribution in [0.2, 0.25) is 0 Å². The number of urea groups is 1. The fraction of sp³-hybridized carbons (Fsp3) is 0.608. The van der Waals surface area contributed by atoms with Gasteiger partial charge < -0.3 is 66.8 Å². The number of carbonyl (C=O) groups excluding carboxylic acids is 12. The third kappa shape index (κ3) is 27.4. The number of hydrogen-bond donors (Lipinski definition) is 10. The second-order valence-electron chi connectivity index (χ2n) is 27.5. The topological polar surface area (TPSA) is 399 Å². The molecule has 1 fully saturated rings. The lowest BCUT2D eigenvalue weighted by Crippen LogP contribution is -2.58. The summed E-state index contributed by atoms with van der Waals surface area (Å²) in [6.07, 6.45) is 8.14. The lowest BCUT2D eigenvalue weighted by Gasteiger charge is -2.40. The molecular formula is C74H110N14O16S. The van der Waals surface area contributed by atoms with Crippen LogP contribution in [0.5, 0.6) is 0 Å². The van der Waals surface area contributed by atoms with Gasteiger partial charge in [-0.1, -0.05) is 111 Å². The number of alkyl carbamates (subject to hydrolysis) is 1. The molecule has 2 aromatic carbocycles. The summed E-state index contributed by atoms with van der Waals surface area (Å²) in [5, 5.41) is 21.9. The minimum Gasteiger partial charge on any atom is -0.446 e. The van der Waals surface area contributed by atoms with Crippen LogP contribution >= 0.6 is 11.3 Å². The average molecular weight is 1480 g/mol. The standard InChI is InChI=1S/C74H110N14O16S/c1-10-34-87(71(97)64(48(8)12-3)83-68(95)57-24-17-19-35-86(57)9)58(46(4)5)43-59(102-37-11-2)70-81-56(45-105-70)67(94)79-52-41-50-21-15-16-22-53(50)54(42-52)65(92)84-85-74(100)103-40-39-101-38-33-77-73(99)104-44-49-26-28-51(29-27-49)78-66(93)55(23-20-32-76-72(75)98)80-69(96)63(47(6)7)82-60(89)25-14-13-18-36-88-61(90)30-31-62(88)91/h15-16,21-22,26-31,45-48,52,54-55,57-59,63-64H,10-14,17-20,23-25,32-44H2,1-9H3,(H,77,99)(H,78,93)(H,79,94)(H,80,96)(H,82,89)(H,83,95)(H,84,92)(H,85,100)(H3,75,76,98)/t48-,52?,54+,55-,57+,58+,59+,63-,64-/m0/s1. The molecule has 578 valence electrons. The number of likely N-dealkylation sites (tertiary alicyclic amines) is 1. The van der Waals surface area contributed by atoms with Gasteiger partial charge >= 0.3 is 18.2 Å². The second-order valence-corrected chi connectivity index (χ2v) is 28.4. The van der Waals surface area contributed by atoms with Gasteiger partial charge in [0.15, 0.2) is 0 Å². The number of thiazole rings is 1. The van der Waals surface area contributed by atoms with Crippen LogP contribution in [0.1, 0.15) is 189 Å². The highest BCUT2D eigenvalue weighted by Crippen LogP contribution is 2.34. The number of primary amides is 1. The van der Waals surface area contributed by atoms with Crippen LogP contribution in [0.4, 0.5) is 20.1 Å². The number of imide groups is 1. The molecule has 11 N–H and O–H groups in total. The average Bonchev–Trinajstić information content (AvgIpc) is 1.47. The molecule has 0 bridgehead atoms. The number of likely N-dealkylation sites (N-methyl/N-ethyl adjacent to an activating group) is 1. The van der Waals surface area contributed by atoms with E-state index in [1.54, 1.807) is 43.5 Å². The Morgan fingerprint density at radius 1 is 0.743 bits per heavy atom. The number of aromatic nitrogens is 1. The van der Waals surface area contributed by atoms with E-state index in [9.17, 15) is 57.5 Å². The first-order valence-electron chi connectivity index (χ1n) is 36.9. The van der Waals surface area contributed by atoms with E-state index in [0.29, 0.717) is 74.4 Å². The Kier molecular flexibility index (Phi) is 35.6. The van der Waals surface area contributed by atoms with Gasteiger partial charge in [0.05, 0.1) is 25.2 Å². The summed E-state index contributed by atoms with van der Waals surface area (Å²) in [5.74, 6) is -4.70. The van der Waals surface area contributed by atoms with E-state index < -0.39 is 78.0 Å². The first kappa shape index (κ1) is 84.9. The number of benzene rings is 2. The first-order valence-corrected chi connectivity index (χ1v) is 37.7. The minimum atomic E-state index is -1.09. The zero-order valence-corrected chi connectivity index (χ0v) is 63.0. The summed E-state index contributed by atoms with van der Waals surface area (Å²) in [7, 11) is 1.96. The molecule has 1 aromatic heterocycles. The highest BCUT2D eigenvalue weighted by atomic mass is 32.1. The molecule has 3 aromatic rings. The molecule has 105 heavy (non-hydrogen) atoms. The number of nitrogens with two attached hydrogens (primary N) is 1. The van der Waals surface area contributed by atoms with Crippen LogP contribution in [-0.4, -0.2) is 194 Å². The maximum absolute atomic E-state index is 14.8. The fourth-order valence-corrected chi connectivity index (χ4v) is 13.6. The largest absolute Gasteiger partial charge is 0.446 e. The Morgan fingerprint density at radius 2 is 1.49 bits per heavy atom. The van der Waals surface area contributed by atoms with Crippen molar-refractivity contribution < 1.29 is 76.5 Å². The number of hydrazine groups is 1. The predicted octanol–water partition coefficient (Wildman–Crippen LogP) is 6.31. The van der Waals surface area contributed by atoms with Gasteiger partial charge in [0.2, 0.25) is 35.4 Å². The van der Waals surface area contributed by atoms with E-state index in [1.165, 1.54) is 23.5 Å². The van der Waals surface area contributed by atoms with E-state index >= 15 is 0 Å². The van der Waals surface area contributed by atoms with Crippen LogP contribution < -0.4 is 53.8 Å². The molecule has 3 aliphatic rings. The maximum Gasteiger partial charge on any atom is 0.426 e. The predicted molar refractivity (Wildman–Crippen MR) is 393 cm³/mol. The van der Waals surface area contributed by atoms with Crippen LogP contribution in [0.25, 0.3) is 0 Å². The van der Waals surface area contributed by atoms with Gasteiger partial charge in [0.25, 0.3) is 17.7 Å². The molecule has 9 atom stereocenters. The van der Waals surface area contributed by atoms with Crippen LogP contribution in [0.3, 0.4) is 0 Å². The van der Waals surface area contributed by atoms with Gasteiger partial charge in [0.1, 0.15) is 48.1 Å². The van der Waals surface area contributed by atoms with Crippen molar-refractivity contribution >= 4 is 88.4 Å². The fourth-order valence-electron chi connectivity index (χ4n) is 12.7. The number of nitrogens with one attached hydrogen (secondary N) is 9. The molecule has 0 radical (unpaired) electrons. The molecule has 1 aliphatic carbocycles. The van der Waals surface area contributed by atoms with Crippen LogP contribution in [-0.2, 0) is 70.3 Å². The number of ether oxygens (including phenoxy) is 4. The smallest absolute Gasteiger partial charge is 0.426 e. The van der Waals surface area contributed by atoms with Crippen molar-refractivity contribution in [2.75, 3.05) is 71.5 Å². The summed E-state index contributed by atoms with van der Waals surface area (Å²) in [6, 6.07) is 9.24. The van der Waals surface area contributed by atoms with Gasteiger partial charge in [0, 0.05) is 80.9 Å². The first-order chi connectivity index (χ1) is 50.3. The van der Waals surface area contributed by atoms with E-state index in [0.717, 1.165) is 48.3 Å². The Labute approximate surface area is 619 Å². The molecule has 31 heteroatoms. The molecule has 0 saturated carbocycles. The zero-order valence-electron chi connectivity index (χ0n) is 62.2. The molecular weight excluding hydrogens is 1370 g/mol. The number of unbranched alkanes of at least 4 members (excludes halogenated alkanes) is 2. The van der Waals surface area contributed by atoms with Gasteiger partial charge in [-0.05, 0) is 124 Å². The van der Waals surface area contributed by atoms with E-state index in [2.05, 4.69) is 66.8 Å². The number of anilines is 1. The Bertz CT molecular complexity index is 3410. The molecule has 3 heterocycles. The van der Waals surface area contributed by atoms with E-state index in [4.69, 9.17) is 29.7 Å². The summed E-state index contributed by atoms with van der Waals surface area (Å²) in [6.45, 7) is 17.6. The van der Waals surface area contributed by atoms with Gasteiger partial charge in [-0.25, -0.2) is 24.8 Å². The number of nitrogens with zero attached hydrogens (tertiary/aromatic N) is 4. The third-order valence-corrected chi connectivity index (χ3v) is 19.7.